The Labute approximate surface area is 139 Å². The van der Waals surface area contributed by atoms with Crippen LogP contribution in [-0.2, 0) is 25.8 Å². The van der Waals surface area contributed by atoms with Gasteiger partial charge in [0.2, 0.25) is 0 Å². The van der Waals surface area contributed by atoms with E-state index >= 15 is 0 Å². The van der Waals surface area contributed by atoms with Crippen molar-refractivity contribution >= 4 is 48.0 Å². The van der Waals surface area contributed by atoms with Crippen LogP contribution in [0.4, 0.5) is 0 Å². The van der Waals surface area contributed by atoms with Crippen LogP contribution >= 0.6 is 48.0 Å². The fraction of sp³-hybridized carbons (Fsp3) is 0.273. The molecule has 0 aromatic heterocycles. The van der Waals surface area contributed by atoms with E-state index in [4.69, 9.17) is 0 Å². The third-order valence-electron chi connectivity index (χ3n) is 2.15. The Morgan fingerprint density at radius 2 is 1.29 bits per heavy atom. The molecule has 0 bridgehead atoms. The molecule has 3 heteroatoms. The van der Waals surface area contributed by atoms with E-state index in [1.54, 1.807) is 11.1 Å². The Balaban J connectivity index is 0. The minimum absolute atomic E-state index is 0. The fourth-order valence-electron chi connectivity index (χ4n) is 1.54. The fourth-order valence-corrected chi connectivity index (χ4v) is 1.54. The molecule has 14 heavy (non-hydrogen) atoms. The summed E-state index contributed by atoms with van der Waals surface area (Å²) in [6, 6.07) is 0. The molecule has 0 saturated carbocycles. The molecule has 0 amide bonds. The Hall–Kier alpha value is 1.29. The van der Waals surface area contributed by atoms with Crippen LogP contribution in [0.25, 0.3) is 0 Å². The Kier molecular flexibility index (Phi) is 12.0. The second-order valence-corrected chi connectivity index (χ2v) is 3.09. The SMILES string of the molecule is C1=CCC(CC2=CC=CC2)=C1.I.I.[Hf]. The van der Waals surface area contributed by atoms with Gasteiger partial charge in [-0.25, -0.2) is 0 Å². The zero-order valence-electron chi connectivity index (χ0n) is 7.90. The van der Waals surface area contributed by atoms with Crippen molar-refractivity contribution in [3.63, 3.8) is 0 Å². The van der Waals surface area contributed by atoms with E-state index in [0.29, 0.717) is 0 Å². The molecule has 0 aromatic rings. The summed E-state index contributed by atoms with van der Waals surface area (Å²) in [5, 5.41) is 0. The average molecular weight is 579 g/mol. The summed E-state index contributed by atoms with van der Waals surface area (Å²) in [4.78, 5) is 0. The Morgan fingerprint density at radius 1 is 0.857 bits per heavy atom. The first-order valence-corrected chi connectivity index (χ1v) is 4.14. The van der Waals surface area contributed by atoms with Gasteiger partial charge in [0.15, 0.2) is 0 Å². The summed E-state index contributed by atoms with van der Waals surface area (Å²) in [5.41, 5.74) is 3.11. The first-order valence-electron chi connectivity index (χ1n) is 4.14. The Bertz CT molecular complexity index is 247. The third-order valence-corrected chi connectivity index (χ3v) is 2.15. The van der Waals surface area contributed by atoms with Gasteiger partial charge in [-0.05, 0) is 19.3 Å². The zero-order valence-corrected chi connectivity index (χ0v) is 16.2. The van der Waals surface area contributed by atoms with Crippen LogP contribution in [0.3, 0.4) is 0 Å². The van der Waals surface area contributed by atoms with Crippen molar-refractivity contribution in [2.45, 2.75) is 19.3 Å². The van der Waals surface area contributed by atoms with Crippen LogP contribution in [0.2, 0.25) is 0 Å². The van der Waals surface area contributed by atoms with Crippen molar-refractivity contribution in [2.75, 3.05) is 0 Å². The van der Waals surface area contributed by atoms with Crippen LogP contribution in [0, 0.1) is 0 Å². The number of halogens is 2. The second-order valence-electron chi connectivity index (χ2n) is 3.09. The van der Waals surface area contributed by atoms with Crippen molar-refractivity contribution in [3.05, 3.63) is 47.6 Å². The summed E-state index contributed by atoms with van der Waals surface area (Å²) in [6.07, 6.45) is 16.7. The van der Waals surface area contributed by atoms with E-state index in [-0.39, 0.29) is 73.8 Å². The normalized spacial score (nSPS) is 16.3. The quantitative estimate of drug-likeness (QED) is 0.337. The summed E-state index contributed by atoms with van der Waals surface area (Å²) < 4.78 is 0. The minimum Gasteiger partial charge on any atom is -0.107 e. The van der Waals surface area contributed by atoms with Crippen molar-refractivity contribution in [1.29, 1.82) is 0 Å². The zero-order chi connectivity index (χ0) is 7.52. The molecule has 0 aromatic carbocycles. The molecule has 0 atom stereocenters. The topological polar surface area (TPSA) is 0 Å². The van der Waals surface area contributed by atoms with Gasteiger partial charge < -0.3 is 0 Å². The van der Waals surface area contributed by atoms with Gasteiger partial charge in [-0.15, -0.1) is 48.0 Å². The van der Waals surface area contributed by atoms with Gasteiger partial charge >= 0.3 is 0 Å². The van der Waals surface area contributed by atoms with E-state index in [1.165, 1.54) is 6.42 Å². The smallest absolute Gasteiger partial charge is 0 e. The van der Waals surface area contributed by atoms with Crippen LogP contribution < -0.4 is 0 Å². The number of hydrogen-bond donors (Lipinski definition) is 0. The van der Waals surface area contributed by atoms with Crippen molar-refractivity contribution in [1.82, 2.24) is 0 Å². The number of rotatable bonds is 2. The standard InChI is InChI=1S/C11H12.Hf.2HI/c1-2-6-10(5-1)9-11-7-3-4-8-11;;;/h1-5,7H,6,8-9H2;;2*1H. The van der Waals surface area contributed by atoms with Crippen molar-refractivity contribution in [3.8, 4) is 0 Å². The van der Waals surface area contributed by atoms with E-state index in [0.717, 1.165) is 12.8 Å². The molecule has 0 heterocycles. The second kappa shape index (κ2) is 9.51. The van der Waals surface area contributed by atoms with Gasteiger partial charge in [-0.3, -0.25) is 0 Å². The molecule has 0 fully saturated rings. The van der Waals surface area contributed by atoms with Gasteiger partial charge in [0.1, 0.15) is 0 Å². The van der Waals surface area contributed by atoms with Crippen LogP contribution in [0.15, 0.2) is 47.6 Å². The first kappa shape index (κ1) is 17.7. The van der Waals surface area contributed by atoms with E-state index in [1.807, 2.05) is 0 Å². The molecule has 0 aliphatic heterocycles. The average Bonchev–Trinajstić information content (AvgIpc) is 2.60. The predicted octanol–water partition coefficient (Wildman–Crippen LogP) is 4.38. The van der Waals surface area contributed by atoms with Crippen molar-refractivity contribution < 1.29 is 25.8 Å². The van der Waals surface area contributed by atoms with Crippen LogP contribution in [0.5, 0.6) is 0 Å². The van der Waals surface area contributed by atoms with Gasteiger partial charge in [0, 0.05) is 25.8 Å². The number of allylic oxidation sites excluding steroid dienone is 8. The molecular formula is C11H14HfI2. The van der Waals surface area contributed by atoms with Gasteiger partial charge in [-0.2, -0.15) is 0 Å². The molecule has 2 aliphatic carbocycles. The van der Waals surface area contributed by atoms with E-state index in [2.05, 4.69) is 36.5 Å². The maximum Gasteiger partial charge on any atom is 0 e. The molecule has 0 unspecified atom stereocenters. The monoisotopic (exact) mass is 580 g/mol. The molecule has 0 nitrogen and oxygen atoms in total. The summed E-state index contributed by atoms with van der Waals surface area (Å²) in [6.45, 7) is 0. The molecule has 0 saturated heterocycles. The third kappa shape index (κ3) is 5.39. The largest absolute Gasteiger partial charge is 0.107 e. The summed E-state index contributed by atoms with van der Waals surface area (Å²) in [5.74, 6) is 0. The van der Waals surface area contributed by atoms with Crippen molar-refractivity contribution in [2.24, 2.45) is 0 Å². The molecule has 2 aliphatic rings. The molecule has 2 rings (SSSR count). The predicted molar refractivity (Wildman–Crippen MR) is 79.1 cm³/mol. The maximum absolute atomic E-state index is 2.24. The molecule has 0 spiro atoms. The minimum atomic E-state index is 0. The van der Waals surface area contributed by atoms with E-state index in [9.17, 15) is 0 Å². The summed E-state index contributed by atoms with van der Waals surface area (Å²) >= 11 is 0. The maximum atomic E-state index is 2.24. The molecule has 0 N–H and O–H groups in total. The molecule has 76 valence electrons. The summed E-state index contributed by atoms with van der Waals surface area (Å²) in [7, 11) is 0. The molecule has 0 radical (unpaired) electrons. The first-order chi connectivity index (χ1) is 5.45. The van der Waals surface area contributed by atoms with Crippen LogP contribution in [0.1, 0.15) is 19.3 Å². The van der Waals surface area contributed by atoms with E-state index < -0.39 is 0 Å². The number of hydrogen-bond acceptors (Lipinski definition) is 0. The molecular weight excluding hydrogens is 564 g/mol. The van der Waals surface area contributed by atoms with Gasteiger partial charge in [0.05, 0.1) is 0 Å². The van der Waals surface area contributed by atoms with Gasteiger partial charge in [0.25, 0.3) is 0 Å². The van der Waals surface area contributed by atoms with Crippen LogP contribution in [-0.4, -0.2) is 0 Å². The van der Waals surface area contributed by atoms with Gasteiger partial charge in [-0.1, -0.05) is 47.6 Å². The Morgan fingerprint density at radius 3 is 1.57 bits per heavy atom.